The highest BCUT2D eigenvalue weighted by Gasteiger charge is 2.27. The van der Waals surface area contributed by atoms with Gasteiger partial charge in [0.2, 0.25) is 0 Å². The second-order valence-corrected chi connectivity index (χ2v) is 8.28. The molecule has 0 radical (unpaired) electrons. The Morgan fingerprint density at radius 1 is 1.21 bits per heavy atom. The average molecular weight is 415 g/mol. The van der Waals surface area contributed by atoms with Crippen molar-refractivity contribution in [3.8, 4) is 0 Å². The van der Waals surface area contributed by atoms with E-state index in [0.29, 0.717) is 16.5 Å². The summed E-state index contributed by atoms with van der Waals surface area (Å²) in [5.41, 5.74) is 1.48. The third-order valence-electron chi connectivity index (χ3n) is 4.22. The van der Waals surface area contributed by atoms with E-state index in [2.05, 4.69) is 15.6 Å². The van der Waals surface area contributed by atoms with E-state index >= 15 is 0 Å². The first-order valence-corrected chi connectivity index (χ1v) is 10.5. The highest BCUT2D eigenvalue weighted by molar-refractivity contribution is 7.18. The summed E-state index contributed by atoms with van der Waals surface area (Å²) >= 11 is 2.87. The van der Waals surface area contributed by atoms with Gasteiger partial charge in [0, 0.05) is 11.5 Å². The molecular formula is C19H17N3O4S2. The normalized spacial score (nSPS) is 13.3. The Morgan fingerprint density at radius 2 is 2.04 bits per heavy atom. The molecule has 1 saturated carbocycles. The lowest BCUT2D eigenvalue weighted by Crippen LogP contribution is -2.31. The maximum atomic E-state index is 12.7. The second-order valence-electron chi connectivity index (χ2n) is 6.30. The van der Waals surface area contributed by atoms with Crippen LogP contribution >= 0.6 is 22.7 Å². The zero-order valence-corrected chi connectivity index (χ0v) is 16.6. The number of aromatic nitrogens is 1. The van der Waals surface area contributed by atoms with E-state index in [1.165, 1.54) is 24.2 Å². The molecule has 0 saturated heterocycles. The summed E-state index contributed by atoms with van der Waals surface area (Å²) in [5, 5.41) is 8.03. The third kappa shape index (κ3) is 3.90. The lowest BCUT2D eigenvalue weighted by Gasteiger charge is -2.07. The number of ether oxygens (including phenoxy) is 1. The van der Waals surface area contributed by atoms with Gasteiger partial charge in [0.1, 0.15) is 5.00 Å². The predicted octanol–water partition coefficient (Wildman–Crippen LogP) is 4.37. The fraction of sp³-hybridized carbons (Fsp3) is 0.263. The number of imide groups is 1. The molecule has 0 aliphatic heterocycles. The van der Waals surface area contributed by atoms with E-state index in [1.807, 2.05) is 6.07 Å². The monoisotopic (exact) mass is 415 g/mol. The van der Waals surface area contributed by atoms with E-state index in [9.17, 15) is 14.4 Å². The molecule has 0 atom stereocenters. The van der Waals surface area contributed by atoms with Crippen LogP contribution in [0.4, 0.5) is 9.80 Å². The van der Waals surface area contributed by atoms with Crippen LogP contribution in [0.3, 0.4) is 0 Å². The molecule has 0 unspecified atom stereocenters. The Morgan fingerprint density at radius 3 is 2.79 bits per heavy atom. The number of carbonyl (C=O) groups is 3. The van der Waals surface area contributed by atoms with E-state index in [4.69, 9.17) is 4.74 Å². The number of rotatable bonds is 5. The topological polar surface area (TPSA) is 97.4 Å². The first kappa shape index (κ1) is 18.6. The maximum absolute atomic E-state index is 12.7. The van der Waals surface area contributed by atoms with Crippen molar-refractivity contribution < 1.29 is 19.1 Å². The van der Waals surface area contributed by atoms with Crippen LogP contribution in [0.25, 0.3) is 10.2 Å². The Hall–Kier alpha value is -2.78. The number of fused-ring (bicyclic) bond motifs is 1. The van der Waals surface area contributed by atoms with Crippen LogP contribution in [0, 0.1) is 0 Å². The zero-order chi connectivity index (χ0) is 19.7. The molecular weight excluding hydrogens is 398 g/mol. The number of nitrogens with one attached hydrogen (secondary N) is 2. The summed E-state index contributed by atoms with van der Waals surface area (Å²) in [6, 6.07) is 6.95. The molecule has 3 aromatic rings. The van der Waals surface area contributed by atoms with E-state index < -0.39 is 12.0 Å². The highest BCUT2D eigenvalue weighted by Crippen LogP contribution is 2.43. The minimum atomic E-state index is -0.823. The van der Waals surface area contributed by atoms with Gasteiger partial charge in [0.05, 0.1) is 27.4 Å². The number of thiophene rings is 1. The molecule has 144 valence electrons. The van der Waals surface area contributed by atoms with Gasteiger partial charge in [-0.15, -0.1) is 22.7 Å². The predicted molar refractivity (Wildman–Crippen MR) is 108 cm³/mol. The van der Waals surface area contributed by atoms with Crippen LogP contribution in [-0.2, 0) is 4.74 Å². The molecule has 0 bridgehead atoms. The van der Waals surface area contributed by atoms with Gasteiger partial charge in [0.25, 0.3) is 11.8 Å². The summed E-state index contributed by atoms with van der Waals surface area (Å²) in [5.74, 6) is -0.393. The summed E-state index contributed by atoms with van der Waals surface area (Å²) < 4.78 is 5.76. The lowest BCUT2D eigenvalue weighted by atomic mass is 10.2. The molecule has 7 nitrogen and oxygen atoms in total. The molecule has 3 amide bonds. The fourth-order valence-corrected chi connectivity index (χ4v) is 4.58. The zero-order valence-electron chi connectivity index (χ0n) is 15.0. The van der Waals surface area contributed by atoms with Crippen molar-refractivity contribution >= 4 is 55.8 Å². The number of carbonyl (C=O) groups excluding carboxylic acids is 3. The summed E-state index contributed by atoms with van der Waals surface area (Å²) in [7, 11) is 0. The summed E-state index contributed by atoms with van der Waals surface area (Å²) in [4.78, 5) is 40.9. The number of anilines is 1. The van der Waals surface area contributed by atoms with Gasteiger partial charge >= 0.3 is 6.09 Å². The van der Waals surface area contributed by atoms with E-state index in [1.54, 1.807) is 41.8 Å². The summed E-state index contributed by atoms with van der Waals surface area (Å²) in [6.45, 7) is 1.81. The Balaban J connectivity index is 1.49. The standard InChI is InChI=1S/C19H17N3O4S2/c1-2-26-19(25)22-16(24)12-7-8-27-18(12)21-15(23)11-5-6-14-13(9-11)20-17(28-14)10-3-4-10/h5-10H,2-4H2,1H3,(H,21,23)(H,22,24,25). The van der Waals surface area contributed by atoms with Gasteiger partial charge in [-0.1, -0.05) is 0 Å². The van der Waals surface area contributed by atoms with Crippen LogP contribution in [0.1, 0.15) is 51.4 Å². The second kappa shape index (κ2) is 7.69. The molecule has 2 aromatic heterocycles. The van der Waals surface area contributed by atoms with Crippen LogP contribution in [-0.4, -0.2) is 29.5 Å². The molecule has 1 fully saturated rings. The van der Waals surface area contributed by atoms with Crippen LogP contribution in [0.5, 0.6) is 0 Å². The summed E-state index contributed by atoms with van der Waals surface area (Å²) in [6.07, 6.45) is 1.54. The lowest BCUT2D eigenvalue weighted by molar-refractivity contribution is 0.0926. The van der Waals surface area contributed by atoms with E-state index in [0.717, 1.165) is 15.2 Å². The molecule has 2 N–H and O–H groups in total. The number of alkyl carbamates (subject to hydrolysis) is 1. The van der Waals surface area contributed by atoms with Gasteiger partial charge in [-0.05, 0) is 49.4 Å². The van der Waals surface area contributed by atoms with Crippen LogP contribution in [0.15, 0.2) is 29.6 Å². The molecule has 9 heteroatoms. The fourth-order valence-electron chi connectivity index (χ4n) is 2.68. The van der Waals surface area contributed by atoms with E-state index in [-0.39, 0.29) is 18.1 Å². The van der Waals surface area contributed by atoms with Crippen molar-refractivity contribution in [1.82, 2.24) is 10.3 Å². The average Bonchev–Trinajstić information content (AvgIpc) is 3.26. The third-order valence-corrected chi connectivity index (χ3v) is 6.25. The smallest absolute Gasteiger partial charge is 0.414 e. The number of hydrogen-bond donors (Lipinski definition) is 2. The number of hydrogen-bond acceptors (Lipinski definition) is 7. The molecule has 1 aromatic carbocycles. The van der Waals surface area contributed by atoms with Gasteiger partial charge < -0.3 is 10.1 Å². The quantitative estimate of drug-likeness (QED) is 0.645. The molecule has 28 heavy (non-hydrogen) atoms. The highest BCUT2D eigenvalue weighted by atomic mass is 32.1. The van der Waals surface area contributed by atoms with Crippen LogP contribution < -0.4 is 10.6 Å². The first-order chi connectivity index (χ1) is 13.5. The van der Waals surface area contributed by atoms with Gasteiger partial charge in [-0.3, -0.25) is 14.9 Å². The van der Waals surface area contributed by atoms with Crippen molar-refractivity contribution in [2.75, 3.05) is 11.9 Å². The molecule has 1 aliphatic rings. The number of thiazole rings is 1. The largest absolute Gasteiger partial charge is 0.450 e. The van der Waals surface area contributed by atoms with Gasteiger partial charge in [-0.25, -0.2) is 9.78 Å². The van der Waals surface area contributed by atoms with Crippen molar-refractivity contribution in [2.45, 2.75) is 25.7 Å². The molecule has 1 aliphatic carbocycles. The Labute approximate surface area is 168 Å². The number of amides is 3. The van der Waals surface area contributed by atoms with Crippen LogP contribution in [0.2, 0.25) is 0 Å². The van der Waals surface area contributed by atoms with Gasteiger partial charge in [-0.2, -0.15) is 0 Å². The SMILES string of the molecule is CCOC(=O)NC(=O)c1ccsc1NC(=O)c1ccc2sc(C3CC3)nc2c1. The van der Waals surface area contributed by atoms with Crippen molar-refractivity contribution in [2.24, 2.45) is 0 Å². The molecule has 4 rings (SSSR count). The van der Waals surface area contributed by atoms with Crippen molar-refractivity contribution in [1.29, 1.82) is 0 Å². The maximum Gasteiger partial charge on any atom is 0.414 e. The number of benzene rings is 1. The molecule has 0 spiro atoms. The molecule has 2 heterocycles. The van der Waals surface area contributed by atoms with Crippen molar-refractivity contribution in [3.63, 3.8) is 0 Å². The minimum absolute atomic E-state index is 0.161. The van der Waals surface area contributed by atoms with Crippen molar-refractivity contribution in [3.05, 3.63) is 45.8 Å². The Bertz CT molecular complexity index is 1070. The Kier molecular flexibility index (Phi) is 5.10. The number of nitrogens with zero attached hydrogens (tertiary/aromatic N) is 1. The first-order valence-electron chi connectivity index (χ1n) is 8.82. The van der Waals surface area contributed by atoms with Gasteiger partial charge in [0.15, 0.2) is 0 Å². The minimum Gasteiger partial charge on any atom is -0.450 e.